The van der Waals surface area contributed by atoms with Crippen LogP contribution in [0.4, 0.5) is 0 Å². The summed E-state index contributed by atoms with van der Waals surface area (Å²) in [6, 6.07) is 0. The number of carbonyl (C=O) groups is 1. The topological polar surface area (TPSA) is 29.5 Å². The lowest BCUT2D eigenvalue weighted by atomic mass is 9.96. The lowest BCUT2D eigenvalue weighted by molar-refractivity contribution is -0.158. The lowest BCUT2D eigenvalue weighted by Crippen LogP contribution is -2.38. The van der Waals surface area contributed by atoms with Crippen LogP contribution in [0.3, 0.4) is 0 Å². The van der Waals surface area contributed by atoms with E-state index in [0.717, 1.165) is 13.0 Å². The van der Waals surface area contributed by atoms with Crippen LogP contribution < -0.4 is 0 Å². The molecular formula is C9H17NO2. The minimum atomic E-state index is -0.0417. The highest BCUT2D eigenvalue weighted by molar-refractivity contribution is 5.70. The Morgan fingerprint density at radius 1 is 1.58 bits per heavy atom. The van der Waals surface area contributed by atoms with E-state index in [0.29, 0.717) is 12.3 Å². The average Bonchev–Trinajstić information content (AvgIpc) is 1.96. The first-order valence-corrected chi connectivity index (χ1v) is 4.44. The second kappa shape index (κ2) is 3.90. The number of nitrogens with zero attached hydrogens (tertiary/aromatic N) is 1. The first kappa shape index (κ1) is 9.52. The number of likely N-dealkylation sites (N-methyl/N-ethyl adjacent to an activating group) is 1. The van der Waals surface area contributed by atoms with Crippen LogP contribution in [0.2, 0.25) is 0 Å². The second-order valence-electron chi connectivity index (χ2n) is 3.81. The molecule has 1 heterocycles. The van der Waals surface area contributed by atoms with Gasteiger partial charge < -0.3 is 9.64 Å². The van der Waals surface area contributed by atoms with E-state index >= 15 is 0 Å². The molecule has 12 heavy (non-hydrogen) atoms. The van der Waals surface area contributed by atoms with Crippen LogP contribution in [0.25, 0.3) is 0 Å². The molecule has 1 aliphatic heterocycles. The van der Waals surface area contributed by atoms with Gasteiger partial charge in [0.1, 0.15) is 6.10 Å². The molecule has 0 spiro atoms. The van der Waals surface area contributed by atoms with Crippen LogP contribution in [-0.2, 0) is 9.53 Å². The molecule has 2 atom stereocenters. The number of cyclic esters (lactones) is 1. The normalized spacial score (nSPS) is 30.5. The Morgan fingerprint density at radius 2 is 2.25 bits per heavy atom. The quantitative estimate of drug-likeness (QED) is 0.578. The summed E-state index contributed by atoms with van der Waals surface area (Å²) in [6.07, 6.45) is 1.66. The van der Waals surface area contributed by atoms with Gasteiger partial charge in [-0.05, 0) is 26.4 Å². The minimum absolute atomic E-state index is 0.0417. The van der Waals surface area contributed by atoms with Crippen molar-refractivity contribution >= 4 is 5.97 Å². The van der Waals surface area contributed by atoms with Crippen LogP contribution in [0.5, 0.6) is 0 Å². The Morgan fingerprint density at radius 3 is 2.83 bits per heavy atom. The van der Waals surface area contributed by atoms with Gasteiger partial charge in [0.15, 0.2) is 0 Å². The highest BCUT2D eigenvalue weighted by Crippen LogP contribution is 2.21. The smallest absolute Gasteiger partial charge is 0.306 e. The van der Waals surface area contributed by atoms with Gasteiger partial charge in [-0.3, -0.25) is 4.79 Å². The SMILES string of the molecule is CC1CCC(=O)OC1CN(C)C. The third-order valence-electron chi connectivity index (χ3n) is 2.27. The van der Waals surface area contributed by atoms with Crippen molar-refractivity contribution in [1.82, 2.24) is 4.90 Å². The summed E-state index contributed by atoms with van der Waals surface area (Å²) in [5.41, 5.74) is 0. The zero-order chi connectivity index (χ0) is 9.14. The minimum Gasteiger partial charge on any atom is -0.461 e. The van der Waals surface area contributed by atoms with Gasteiger partial charge in [0.2, 0.25) is 0 Å². The summed E-state index contributed by atoms with van der Waals surface area (Å²) in [7, 11) is 3.99. The highest BCUT2D eigenvalue weighted by atomic mass is 16.5. The summed E-state index contributed by atoms with van der Waals surface area (Å²) >= 11 is 0. The number of carbonyl (C=O) groups excluding carboxylic acids is 1. The van der Waals surface area contributed by atoms with Gasteiger partial charge in [0.05, 0.1) is 0 Å². The van der Waals surface area contributed by atoms with Gasteiger partial charge in [0, 0.05) is 13.0 Å². The molecule has 1 fully saturated rings. The molecular weight excluding hydrogens is 154 g/mol. The fraction of sp³-hybridized carbons (Fsp3) is 0.889. The number of hydrogen-bond donors (Lipinski definition) is 0. The van der Waals surface area contributed by atoms with Crippen molar-refractivity contribution in [2.75, 3.05) is 20.6 Å². The summed E-state index contributed by atoms with van der Waals surface area (Å²) in [5.74, 6) is 0.463. The molecule has 0 aromatic rings. The molecule has 70 valence electrons. The van der Waals surface area contributed by atoms with Crippen molar-refractivity contribution in [3.05, 3.63) is 0 Å². The third kappa shape index (κ3) is 2.48. The number of esters is 1. The van der Waals surface area contributed by atoms with Gasteiger partial charge in [0.25, 0.3) is 0 Å². The van der Waals surface area contributed by atoms with E-state index in [4.69, 9.17) is 4.74 Å². The van der Waals surface area contributed by atoms with E-state index < -0.39 is 0 Å². The molecule has 3 heteroatoms. The van der Waals surface area contributed by atoms with Gasteiger partial charge in [-0.15, -0.1) is 0 Å². The summed E-state index contributed by atoms with van der Waals surface area (Å²) in [4.78, 5) is 13.0. The van der Waals surface area contributed by atoms with Crippen molar-refractivity contribution in [3.63, 3.8) is 0 Å². The van der Waals surface area contributed by atoms with Crippen LogP contribution in [0.15, 0.2) is 0 Å². The molecule has 0 radical (unpaired) electrons. The standard InChI is InChI=1S/C9H17NO2/c1-7-4-5-9(11)12-8(7)6-10(2)3/h7-8H,4-6H2,1-3H3. The number of rotatable bonds is 2. The predicted octanol–water partition coefficient (Wildman–Crippen LogP) is 0.890. The van der Waals surface area contributed by atoms with Gasteiger partial charge in [-0.1, -0.05) is 6.92 Å². The molecule has 0 amide bonds. The Balaban J connectivity index is 2.43. The summed E-state index contributed by atoms with van der Waals surface area (Å²) < 4.78 is 5.23. The molecule has 0 saturated carbocycles. The molecule has 0 aliphatic carbocycles. The molecule has 1 rings (SSSR count). The summed E-state index contributed by atoms with van der Waals surface area (Å²) in [6.45, 7) is 2.98. The van der Waals surface area contributed by atoms with E-state index in [-0.39, 0.29) is 12.1 Å². The van der Waals surface area contributed by atoms with Gasteiger partial charge in [-0.25, -0.2) is 0 Å². The van der Waals surface area contributed by atoms with E-state index in [1.54, 1.807) is 0 Å². The Bertz CT molecular complexity index is 168. The zero-order valence-electron chi connectivity index (χ0n) is 8.04. The zero-order valence-corrected chi connectivity index (χ0v) is 8.04. The van der Waals surface area contributed by atoms with E-state index in [9.17, 15) is 4.79 Å². The first-order chi connectivity index (χ1) is 5.59. The number of hydrogen-bond acceptors (Lipinski definition) is 3. The number of ether oxygens (including phenoxy) is 1. The fourth-order valence-electron chi connectivity index (χ4n) is 1.45. The van der Waals surface area contributed by atoms with Gasteiger partial charge in [-0.2, -0.15) is 0 Å². The van der Waals surface area contributed by atoms with Crippen LogP contribution >= 0.6 is 0 Å². The molecule has 2 unspecified atom stereocenters. The molecule has 0 bridgehead atoms. The van der Waals surface area contributed by atoms with E-state index in [2.05, 4.69) is 11.8 Å². The molecule has 0 N–H and O–H groups in total. The maximum Gasteiger partial charge on any atom is 0.306 e. The summed E-state index contributed by atoms with van der Waals surface area (Å²) in [5, 5.41) is 0. The predicted molar refractivity (Wildman–Crippen MR) is 46.8 cm³/mol. The molecule has 0 aromatic heterocycles. The Hall–Kier alpha value is -0.570. The maximum atomic E-state index is 11.0. The van der Waals surface area contributed by atoms with E-state index in [1.807, 2.05) is 14.1 Å². The van der Waals surface area contributed by atoms with Gasteiger partial charge >= 0.3 is 5.97 Å². The van der Waals surface area contributed by atoms with Crippen LogP contribution in [0, 0.1) is 5.92 Å². The largest absolute Gasteiger partial charge is 0.461 e. The van der Waals surface area contributed by atoms with Crippen molar-refractivity contribution in [3.8, 4) is 0 Å². The highest BCUT2D eigenvalue weighted by Gasteiger charge is 2.27. The Kier molecular flexibility index (Phi) is 3.09. The average molecular weight is 171 g/mol. The molecule has 0 aromatic carbocycles. The van der Waals surface area contributed by atoms with E-state index in [1.165, 1.54) is 0 Å². The van der Waals surface area contributed by atoms with Crippen molar-refractivity contribution < 1.29 is 9.53 Å². The fourth-order valence-corrected chi connectivity index (χ4v) is 1.45. The maximum absolute atomic E-state index is 11.0. The van der Waals surface area contributed by atoms with Crippen LogP contribution in [-0.4, -0.2) is 37.6 Å². The molecule has 1 aliphatic rings. The Labute approximate surface area is 73.7 Å². The van der Waals surface area contributed by atoms with Crippen molar-refractivity contribution in [1.29, 1.82) is 0 Å². The lowest BCUT2D eigenvalue weighted by Gasteiger charge is -2.30. The molecule has 3 nitrogen and oxygen atoms in total. The molecule has 1 saturated heterocycles. The van der Waals surface area contributed by atoms with Crippen LogP contribution in [0.1, 0.15) is 19.8 Å². The van der Waals surface area contributed by atoms with Crippen molar-refractivity contribution in [2.45, 2.75) is 25.9 Å². The van der Waals surface area contributed by atoms with Crippen molar-refractivity contribution in [2.24, 2.45) is 5.92 Å². The monoisotopic (exact) mass is 171 g/mol. The first-order valence-electron chi connectivity index (χ1n) is 4.44. The third-order valence-corrected chi connectivity index (χ3v) is 2.27. The second-order valence-corrected chi connectivity index (χ2v) is 3.81.